The van der Waals surface area contributed by atoms with Gasteiger partial charge in [0.05, 0.1) is 0 Å². The smallest absolute Gasteiger partial charge is 0.0961 e. The van der Waals surface area contributed by atoms with E-state index >= 15 is 0 Å². The molecule has 0 amide bonds. The Morgan fingerprint density at radius 2 is 2.43 bits per heavy atom. The van der Waals surface area contributed by atoms with Gasteiger partial charge in [-0.25, -0.2) is 0 Å². The molecular formula is C6H11B. The lowest BCUT2D eigenvalue weighted by Gasteiger charge is -2.00. The van der Waals surface area contributed by atoms with Crippen LogP contribution in [0.2, 0.25) is 19.0 Å². The van der Waals surface area contributed by atoms with Gasteiger partial charge in [-0.15, -0.1) is 0 Å². The molecule has 1 unspecified atom stereocenters. The average molecular weight is 94.0 g/mol. The van der Waals surface area contributed by atoms with Crippen molar-refractivity contribution in [2.24, 2.45) is 0 Å². The molecule has 0 spiro atoms. The van der Waals surface area contributed by atoms with Crippen molar-refractivity contribution in [1.82, 2.24) is 0 Å². The van der Waals surface area contributed by atoms with Crippen LogP contribution < -0.4 is 0 Å². The lowest BCUT2D eigenvalue weighted by atomic mass is 9.45. The van der Waals surface area contributed by atoms with Gasteiger partial charge in [0, 0.05) is 0 Å². The van der Waals surface area contributed by atoms with Crippen LogP contribution >= 0.6 is 0 Å². The summed E-state index contributed by atoms with van der Waals surface area (Å²) in [6, 6.07) is 0. The van der Waals surface area contributed by atoms with Gasteiger partial charge in [0.15, 0.2) is 0 Å². The molecule has 0 aromatic rings. The van der Waals surface area contributed by atoms with Crippen LogP contribution in [0.5, 0.6) is 0 Å². The van der Waals surface area contributed by atoms with Gasteiger partial charge in [0.25, 0.3) is 0 Å². The Kier molecular flexibility index (Phi) is 1.22. The van der Waals surface area contributed by atoms with Gasteiger partial charge in [0.1, 0.15) is 6.71 Å². The van der Waals surface area contributed by atoms with E-state index in [1.165, 1.54) is 6.32 Å². The highest BCUT2D eigenvalue weighted by Crippen LogP contribution is 2.21. The minimum atomic E-state index is 0.833. The molecule has 0 saturated carbocycles. The van der Waals surface area contributed by atoms with Gasteiger partial charge >= 0.3 is 0 Å². The van der Waals surface area contributed by atoms with E-state index in [9.17, 15) is 0 Å². The molecule has 0 nitrogen and oxygen atoms in total. The molecule has 1 atom stereocenters. The van der Waals surface area contributed by atoms with Gasteiger partial charge in [-0.3, -0.25) is 0 Å². The zero-order valence-corrected chi connectivity index (χ0v) is 5.02. The van der Waals surface area contributed by atoms with Crippen LogP contribution in [-0.4, -0.2) is 6.71 Å². The van der Waals surface area contributed by atoms with E-state index in [-0.39, 0.29) is 0 Å². The molecule has 1 aliphatic rings. The maximum Gasteiger partial charge on any atom is 0.147 e. The zero-order chi connectivity index (χ0) is 5.28. The summed E-state index contributed by atoms with van der Waals surface area (Å²) in [5, 5.41) is 0. The molecule has 1 aliphatic heterocycles. The molecule has 0 radical (unpaired) electrons. The first-order chi connectivity index (χ1) is 3.30. The van der Waals surface area contributed by atoms with E-state index in [1.807, 2.05) is 0 Å². The SMILES string of the molecule is CB1CC=CC1C. The van der Waals surface area contributed by atoms with Crippen LogP contribution in [0.1, 0.15) is 6.92 Å². The largest absolute Gasteiger partial charge is 0.147 e. The first-order valence-corrected chi connectivity index (χ1v) is 2.97. The zero-order valence-electron chi connectivity index (χ0n) is 5.02. The molecule has 1 rings (SSSR count). The number of hydrogen-bond donors (Lipinski definition) is 0. The monoisotopic (exact) mass is 94.1 g/mol. The van der Waals surface area contributed by atoms with Crippen molar-refractivity contribution in [3.05, 3.63) is 12.2 Å². The van der Waals surface area contributed by atoms with Crippen molar-refractivity contribution in [3.63, 3.8) is 0 Å². The molecule has 0 aromatic carbocycles. The van der Waals surface area contributed by atoms with Gasteiger partial charge in [0.2, 0.25) is 0 Å². The molecule has 0 fully saturated rings. The van der Waals surface area contributed by atoms with Crippen molar-refractivity contribution in [2.45, 2.75) is 25.9 Å². The second-order valence-electron chi connectivity index (χ2n) is 2.50. The fourth-order valence-corrected chi connectivity index (χ4v) is 0.912. The third-order valence-electron chi connectivity index (χ3n) is 1.85. The fraction of sp³-hybridized carbons (Fsp3) is 0.667. The highest BCUT2D eigenvalue weighted by Gasteiger charge is 2.15. The lowest BCUT2D eigenvalue weighted by molar-refractivity contribution is 1.19. The van der Waals surface area contributed by atoms with E-state index in [2.05, 4.69) is 25.9 Å². The molecule has 1 heteroatoms. The van der Waals surface area contributed by atoms with Gasteiger partial charge in [-0.2, -0.15) is 0 Å². The Labute approximate surface area is 45.7 Å². The van der Waals surface area contributed by atoms with E-state index in [1.54, 1.807) is 0 Å². The summed E-state index contributed by atoms with van der Waals surface area (Å²) in [5.74, 6) is 0.833. The Morgan fingerprint density at radius 3 is 2.57 bits per heavy atom. The molecule has 0 bridgehead atoms. The van der Waals surface area contributed by atoms with E-state index in [0.717, 1.165) is 12.5 Å². The van der Waals surface area contributed by atoms with Crippen LogP contribution in [-0.2, 0) is 0 Å². The summed E-state index contributed by atoms with van der Waals surface area (Å²) in [7, 11) is 0. The molecule has 0 saturated heterocycles. The number of allylic oxidation sites excluding steroid dienone is 2. The maximum absolute atomic E-state index is 2.30. The summed E-state index contributed by atoms with van der Waals surface area (Å²) in [4.78, 5) is 0. The van der Waals surface area contributed by atoms with E-state index < -0.39 is 0 Å². The predicted molar refractivity (Wildman–Crippen MR) is 35.0 cm³/mol. The minimum Gasteiger partial charge on any atom is -0.0961 e. The maximum atomic E-state index is 2.30. The second kappa shape index (κ2) is 1.73. The Balaban J connectivity index is 2.45. The van der Waals surface area contributed by atoms with E-state index in [0.29, 0.717) is 0 Å². The Morgan fingerprint density at radius 1 is 1.71 bits per heavy atom. The minimum absolute atomic E-state index is 0.833. The quantitative estimate of drug-likeness (QED) is 0.318. The summed E-state index contributed by atoms with van der Waals surface area (Å²) < 4.78 is 0. The van der Waals surface area contributed by atoms with Crippen molar-refractivity contribution >= 4 is 6.71 Å². The van der Waals surface area contributed by atoms with Crippen molar-refractivity contribution in [2.75, 3.05) is 0 Å². The normalized spacial score (nSPS) is 29.4. The van der Waals surface area contributed by atoms with Crippen molar-refractivity contribution in [3.8, 4) is 0 Å². The van der Waals surface area contributed by atoms with Gasteiger partial charge in [-0.05, 0) is 5.82 Å². The van der Waals surface area contributed by atoms with Crippen LogP contribution in [0.25, 0.3) is 0 Å². The Hall–Kier alpha value is -0.195. The molecule has 0 aliphatic carbocycles. The summed E-state index contributed by atoms with van der Waals surface area (Å²) in [5.41, 5.74) is 0. The highest BCUT2D eigenvalue weighted by molar-refractivity contribution is 6.61. The average Bonchev–Trinajstić information content (AvgIpc) is 1.91. The molecule has 1 heterocycles. The molecule has 38 valence electrons. The predicted octanol–water partition coefficient (Wildman–Crippen LogP) is 2.07. The summed E-state index contributed by atoms with van der Waals surface area (Å²) in [6.45, 7) is 5.47. The fourth-order valence-electron chi connectivity index (χ4n) is 0.912. The second-order valence-corrected chi connectivity index (χ2v) is 2.50. The molecule has 0 N–H and O–H groups in total. The van der Waals surface area contributed by atoms with Crippen LogP contribution in [0.4, 0.5) is 0 Å². The third kappa shape index (κ3) is 0.874. The van der Waals surface area contributed by atoms with Crippen LogP contribution in [0.3, 0.4) is 0 Å². The first-order valence-electron chi connectivity index (χ1n) is 2.97. The standard InChI is InChI=1S/C6H11B/c1-6-4-3-5-7(6)2/h3-4,6H,5H2,1-2H3. The first kappa shape index (κ1) is 4.95. The topological polar surface area (TPSA) is 0 Å². The van der Waals surface area contributed by atoms with Crippen molar-refractivity contribution < 1.29 is 0 Å². The number of hydrogen-bond acceptors (Lipinski definition) is 0. The Bertz CT molecular complexity index is 86.2. The highest BCUT2D eigenvalue weighted by atomic mass is 13.9. The van der Waals surface area contributed by atoms with Gasteiger partial charge < -0.3 is 0 Å². The van der Waals surface area contributed by atoms with E-state index in [4.69, 9.17) is 0 Å². The van der Waals surface area contributed by atoms with Gasteiger partial charge in [-0.1, -0.05) is 32.2 Å². The summed E-state index contributed by atoms with van der Waals surface area (Å²) in [6.07, 6.45) is 5.86. The van der Waals surface area contributed by atoms with Crippen molar-refractivity contribution in [1.29, 1.82) is 0 Å². The lowest BCUT2D eigenvalue weighted by Crippen LogP contribution is -2.04. The number of rotatable bonds is 0. The third-order valence-corrected chi connectivity index (χ3v) is 1.85. The summed E-state index contributed by atoms with van der Waals surface area (Å²) >= 11 is 0. The molecular weight excluding hydrogens is 82.9 g/mol. The van der Waals surface area contributed by atoms with Crippen LogP contribution in [0, 0.1) is 0 Å². The van der Waals surface area contributed by atoms with Crippen LogP contribution in [0.15, 0.2) is 12.2 Å². The molecule has 0 aromatic heterocycles. The molecule has 7 heavy (non-hydrogen) atoms.